The standard InChI is InChI=1S/C9H10ClNO.ClH/c10-6-3-1-2-5-4-7(11)9(12)8(5)6;/h1-3,7,9,12H,4,11H2;1H. The number of nitrogens with two attached hydrogens (primary N) is 1. The van der Waals surface area contributed by atoms with E-state index in [2.05, 4.69) is 0 Å². The van der Waals surface area contributed by atoms with E-state index in [4.69, 9.17) is 17.3 Å². The Hall–Kier alpha value is -0.280. The number of fused-ring (bicyclic) bond motifs is 1. The van der Waals surface area contributed by atoms with Crippen LogP contribution in [0, 0.1) is 0 Å². The summed E-state index contributed by atoms with van der Waals surface area (Å²) in [5.41, 5.74) is 7.57. The van der Waals surface area contributed by atoms with Crippen molar-refractivity contribution in [3.63, 3.8) is 0 Å². The minimum absolute atomic E-state index is 0. The van der Waals surface area contributed by atoms with Crippen molar-refractivity contribution < 1.29 is 5.11 Å². The van der Waals surface area contributed by atoms with Crippen LogP contribution in [0.2, 0.25) is 5.02 Å². The molecule has 2 atom stereocenters. The topological polar surface area (TPSA) is 46.2 Å². The van der Waals surface area contributed by atoms with Crippen molar-refractivity contribution in [2.45, 2.75) is 18.6 Å². The van der Waals surface area contributed by atoms with Crippen LogP contribution >= 0.6 is 24.0 Å². The van der Waals surface area contributed by atoms with E-state index in [1.807, 2.05) is 12.1 Å². The zero-order chi connectivity index (χ0) is 8.72. The average Bonchev–Trinajstić information content (AvgIpc) is 2.29. The third-order valence-corrected chi connectivity index (χ3v) is 2.63. The summed E-state index contributed by atoms with van der Waals surface area (Å²) in [6, 6.07) is 5.42. The van der Waals surface area contributed by atoms with Gasteiger partial charge in [-0.05, 0) is 18.1 Å². The molecule has 2 rings (SSSR count). The van der Waals surface area contributed by atoms with Gasteiger partial charge in [-0.2, -0.15) is 0 Å². The fraction of sp³-hybridized carbons (Fsp3) is 0.333. The fourth-order valence-corrected chi connectivity index (χ4v) is 1.98. The lowest BCUT2D eigenvalue weighted by atomic mass is 10.1. The zero-order valence-electron chi connectivity index (χ0n) is 6.90. The molecule has 72 valence electrons. The summed E-state index contributed by atoms with van der Waals surface area (Å²) in [7, 11) is 0. The van der Waals surface area contributed by atoms with Gasteiger partial charge in [0, 0.05) is 16.6 Å². The highest BCUT2D eigenvalue weighted by molar-refractivity contribution is 6.31. The van der Waals surface area contributed by atoms with Crippen molar-refractivity contribution in [1.82, 2.24) is 0 Å². The third-order valence-electron chi connectivity index (χ3n) is 2.30. The molecule has 0 spiro atoms. The van der Waals surface area contributed by atoms with Gasteiger partial charge in [0.25, 0.3) is 0 Å². The van der Waals surface area contributed by atoms with Crippen LogP contribution in [0.3, 0.4) is 0 Å². The predicted molar refractivity (Wildman–Crippen MR) is 55.3 cm³/mol. The van der Waals surface area contributed by atoms with Crippen LogP contribution < -0.4 is 5.73 Å². The van der Waals surface area contributed by atoms with E-state index < -0.39 is 6.10 Å². The van der Waals surface area contributed by atoms with Crippen LogP contribution in [0.4, 0.5) is 0 Å². The third kappa shape index (κ3) is 1.67. The highest BCUT2D eigenvalue weighted by Gasteiger charge is 2.29. The van der Waals surface area contributed by atoms with E-state index >= 15 is 0 Å². The molecular formula is C9H11Cl2NO. The lowest BCUT2D eigenvalue weighted by Gasteiger charge is -2.09. The van der Waals surface area contributed by atoms with Gasteiger partial charge in [-0.15, -0.1) is 12.4 Å². The summed E-state index contributed by atoms with van der Waals surface area (Å²) in [6.07, 6.45) is 0.130. The van der Waals surface area contributed by atoms with Crippen LogP contribution in [0.5, 0.6) is 0 Å². The largest absolute Gasteiger partial charge is 0.387 e. The van der Waals surface area contributed by atoms with Crippen LogP contribution in [-0.2, 0) is 6.42 Å². The van der Waals surface area contributed by atoms with Gasteiger partial charge in [0.05, 0.1) is 6.10 Å². The van der Waals surface area contributed by atoms with Crippen LogP contribution in [0.25, 0.3) is 0 Å². The molecule has 0 amide bonds. The Kier molecular flexibility index (Phi) is 3.19. The van der Waals surface area contributed by atoms with Gasteiger partial charge < -0.3 is 10.8 Å². The van der Waals surface area contributed by atoms with Crippen molar-refractivity contribution in [1.29, 1.82) is 0 Å². The summed E-state index contributed by atoms with van der Waals surface area (Å²) in [5.74, 6) is 0. The Morgan fingerprint density at radius 1 is 1.46 bits per heavy atom. The summed E-state index contributed by atoms with van der Waals surface area (Å²) in [4.78, 5) is 0. The highest BCUT2D eigenvalue weighted by Crippen LogP contribution is 2.35. The average molecular weight is 220 g/mol. The Labute approximate surface area is 88.1 Å². The van der Waals surface area contributed by atoms with Gasteiger partial charge in [-0.3, -0.25) is 0 Å². The summed E-state index contributed by atoms with van der Waals surface area (Å²) < 4.78 is 0. The smallest absolute Gasteiger partial charge is 0.0961 e. The normalized spacial score (nSPS) is 25.2. The van der Waals surface area contributed by atoms with Gasteiger partial charge in [-0.25, -0.2) is 0 Å². The van der Waals surface area contributed by atoms with Gasteiger partial charge in [-0.1, -0.05) is 23.7 Å². The number of hydrogen-bond acceptors (Lipinski definition) is 2. The van der Waals surface area contributed by atoms with E-state index in [1.54, 1.807) is 6.07 Å². The molecule has 1 aromatic rings. The van der Waals surface area contributed by atoms with E-state index in [0.717, 1.165) is 17.5 Å². The Bertz CT molecular complexity index is 316. The van der Waals surface area contributed by atoms with E-state index in [0.29, 0.717) is 5.02 Å². The molecule has 0 aliphatic heterocycles. The molecule has 13 heavy (non-hydrogen) atoms. The molecule has 1 aromatic carbocycles. The lowest BCUT2D eigenvalue weighted by molar-refractivity contribution is 0.159. The first-order valence-corrected chi connectivity index (χ1v) is 4.29. The molecule has 0 fully saturated rings. The van der Waals surface area contributed by atoms with Crippen molar-refractivity contribution in [2.24, 2.45) is 5.73 Å². The van der Waals surface area contributed by atoms with E-state index in [9.17, 15) is 5.11 Å². The second-order valence-corrected chi connectivity index (χ2v) is 3.53. The number of halogens is 2. The van der Waals surface area contributed by atoms with Crippen LogP contribution in [0.15, 0.2) is 18.2 Å². The number of aliphatic hydroxyl groups excluding tert-OH is 1. The molecule has 0 aromatic heterocycles. The monoisotopic (exact) mass is 219 g/mol. The van der Waals surface area contributed by atoms with Crippen molar-refractivity contribution in [2.75, 3.05) is 0 Å². The first kappa shape index (κ1) is 10.8. The van der Waals surface area contributed by atoms with Gasteiger partial charge in [0.2, 0.25) is 0 Å². The van der Waals surface area contributed by atoms with Gasteiger partial charge in [0.15, 0.2) is 0 Å². The van der Waals surface area contributed by atoms with Crippen molar-refractivity contribution in [3.8, 4) is 0 Å². The summed E-state index contributed by atoms with van der Waals surface area (Å²) >= 11 is 5.91. The number of aliphatic hydroxyl groups is 1. The molecule has 0 heterocycles. The SMILES string of the molecule is Cl.NC1Cc2cccc(Cl)c2C1O. The maximum absolute atomic E-state index is 9.62. The van der Waals surface area contributed by atoms with Crippen molar-refractivity contribution in [3.05, 3.63) is 34.3 Å². The molecule has 3 N–H and O–H groups in total. The molecule has 0 radical (unpaired) electrons. The summed E-state index contributed by atoms with van der Waals surface area (Å²) in [6.45, 7) is 0. The number of benzene rings is 1. The quantitative estimate of drug-likeness (QED) is 0.698. The predicted octanol–water partition coefficient (Wildman–Crippen LogP) is 1.68. The molecule has 2 unspecified atom stereocenters. The van der Waals surface area contributed by atoms with Crippen molar-refractivity contribution >= 4 is 24.0 Å². The van der Waals surface area contributed by atoms with Crippen LogP contribution in [0.1, 0.15) is 17.2 Å². The molecular weight excluding hydrogens is 209 g/mol. The minimum Gasteiger partial charge on any atom is -0.387 e. The maximum atomic E-state index is 9.62. The van der Waals surface area contributed by atoms with E-state index in [1.165, 1.54) is 0 Å². The molecule has 1 aliphatic carbocycles. The molecule has 2 nitrogen and oxygen atoms in total. The van der Waals surface area contributed by atoms with Crippen LogP contribution in [-0.4, -0.2) is 11.1 Å². The molecule has 0 bridgehead atoms. The Morgan fingerprint density at radius 2 is 2.15 bits per heavy atom. The molecule has 0 saturated carbocycles. The van der Waals surface area contributed by atoms with Gasteiger partial charge >= 0.3 is 0 Å². The van der Waals surface area contributed by atoms with Gasteiger partial charge in [0.1, 0.15) is 0 Å². The number of rotatable bonds is 0. The number of hydrogen-bond donors (Lipinski definition) is 2. The zero-order valence-corrected chi connectivity index (χ0v) is 8.48. The highest BCUT2D eigenvalue weighted by atomic mass is 35.5. The fourth-order valence-electron chi connectivity index (χ4n) is 1.67. The second-order valence-electron chi connectivity index (χ2n) is 3.13. The summed E-state index contributed by atoms with van der Waals surface area (Å²) in [5, 5.41) is 10.2. The molecule has 1 aliphatic rings. The maximum Gasteiger partial charge on any atom is 0.0961 e. The Morgan fingerprint density at radius 3 is 2.77 bits per heavy atom. The molecule has 4 heteroatoms. The lowest BCUT2D eigenvalue weighted by Crippen LogP contribution is -2.24. The first-order valence-electron chi connectivity index (χ1n) is 3.91. The minimum atomic E-state index is -0.589. The first-order chi connectivity index (χ1) is 5.70. The van der Waals surface area contributed by atoms with E-state index in [-0.39, 0.29) is 18.4 Å². The molecule has 0 saturated heterocycles. The second kappa shape index (κ2) is 3.84. The Balaban J connectivity index is 0.000000845.